The fourth-order valence-corrected chi connectivity index (χ4v) is 4.25. The van der Waals surface area contributed by atoms with Crippen LogP contribution in [-0.4, -0.2) is 121 Å². The van der Waals surface area contributed by atoms with Gasteiger partial charge in [-0.05, 0) is 97.9 Å². The summed E-state index contributed by atoms with van der Waals surface area (Å²) >= 11 is 0. The van der Waals surface area contributed by atoms with Crippen LogP contribution in [-0.2, 0) is 23.9 Å². The first-order valence-electron chi connectivity index (χ1n) is 18.2. The van der Waals surface area contributed by atoms with Gasteiger partial charge >= 0.3 is 0 Å². The van der Waals surface area contributed by atoms with E-state index in [0.29, 0.717) is 49.8 Å². The number of ether oxygens (including phenoxy) is 2. The molecule has 0 aliphatic carbocycles. The van der Waals surface area contributed by atoms with Crippen LogP contribution in [0, 0.1) is 0 Å². The van der Waals surface area contributed by atoms with Gasteiger partial charge in [-0.15, -0.1) is 10.2 Å². The van der Waals surface area contributed by atoms with Crippen molar-refractivity contribution < 1.29 is 29.0 Å². The van der Waals surface area contributed by atoms with E-state index in [1.165, 1.54) is 6.20 Å². The molecule has 0 bridgehead atoms. The van der Waals surface area contributed by atoms with Crippen molar-refractivity contribution in [3.63, 3.8) is 0 Å². The number of nitrogens with one attached hydrogen (secondary N) is 3. The third-order valence-corrected chi connectivity index (χ3v) is 7.63. The van der Waals surface area contributed by atoms with Crippen molar-refractivity contribution in [2.24, 2.45) is 27.4 Å². The normalized spacial score (nSPS) is 11.9. The van der Waals surface area contributed by atoms with Crippen molar-refractivity contribution in [3.05, 3.63) is 54.1 Å². The van der Waals surface area contributed by atoms with Crippen LogP contribution in [0.1, 0.15) is 85.0 Å². The average Bonchev–Trinajstić information content (AvgIpc) is 3.13. The summed E-state index contributed by atoms with van der Waals surface area (Å²) in [6, 6.07) is 8.50. The van der Waals surface area contributed by atoms with Crippen LogP contribution in [0.4, 0.5) is 5.69 Å². The van der Waals surface area contributed by atoms with E-state index in [-0.39, 0.29) is 54.0 Å². The van der Waals surface area contributed by atoms with Crippen LogP contribution < -0.4 is 33.2 Å². The molecule has 304 valence electrons. The lowest BCUT2D eigenvalue weighted by atomic mass is 10.0. The maximum Gasteiger partial charge on any atom is 0.290 e. The van der Waals surface area contributed by atoms with E-state index in [2.05, 4.69) is 61.9 Å². The first kappa shape index (κ1) is 49.5. The van der Waals surface area contributed by atoms with Crippen LogP contribution in [0.5, 0.6) is 0 Å². The summed E-state index contributed by atoms with van der Waals surface area (Å²) in [7, 11) is 2.14. The quantitative estimate of drug-likeness (QED) is 0.0283. The van der Waals surface area contributed by atoms with Crippen molar-refractivity contribution in [1.29, 1.82) is 0 Å². The number of carbonyl (C=O) groups is 3. The Kier molecular flexibility index (Phi) is 26.5. The third-order valence-electron chi connectivity index (χ3n) is 7.63. The molecule has 54 heavy (non-hydrogen) atoms. The Labute approximate surface area is 320 Å². The molecule has 0 aliphatic rings. The number of nitrogens with zero attached hydrogens (tertiary/aromatic N) is 5. The Morgan fingerprint density at radius 3 is 2.07 bits per heavy atom. The Bertz CT molecular complexity index is 1370. The van der Waals surface area contributed by atoms with Crippen LogP contribution >= 0.6 is 0 Å². The second-order valence-electron chi connectivity index (χ2n) is 13.2. The molecule has 0 saturated heterocycles. The Morgan fingerprint density at radius 1 is 0.907 bits per heavy atom. The number of aromatic nitrogens is 2. The van der Waals surface area contributed by atoms with E-state index in [1.54, 1.807) is 36.5 Å². The Balaban J connectivity index is 0.00000201. The molecule has 0 saturated carbocycles. The van der Waals surface area contributed by atoms with Crippen molar-refractivity contribution in [2.75, 3.05) is 64.8 Å². The maximum atomic E-state index is 12.3. The van der Waals surface area contributed by atoms with E-state index in [4.69, 9.17) is 36.6 Å². The highest BCUT2D eigenvalue weighted by molar-refractivity contribution is 5.99. The lowest BCUT2D eigenvalue weighted by molar-refractivity contribution is -0.123. The third kappa shape index (κ3) is 25.4. The molecule has 17 heteroatoms. The maximum absolute atomic E-state index is 12.3. The molecule has 0 aliphatic heterocycles. The van der Waals surface area contributed by atoms with Gasteiger partial charge in [-0.25, -0.2) is 0 Å². The second kappa shape index (κ2) is 28.9. The fourth-order valence-electron chi connectivity index (χ4n) is 4.25. The number of amidine groups is 2. The zero-order valence-electron chi connectivity index (χ0n) is 33.3. The number of amides is 2. The minimum absolute atomic E-state index is 0.0584. The minimum Gasteiger partial charge on any atom is -0.483 e. The van der Waals surface area contributed by atoms with Gasteiger partial charge in [0.15, 0.2) is 11.7 Å². The topological polar surface area (TPSA) is 258 Å². The molecular formula is C37H65N11O6. The molecular weight excluding hydrogens is 694 g/mol. The molecule has 2 rings (SSSR count). The van der Waals surface area contributed by atoms with Crippen molar-refractivity contribution in [2.45, 2.75) is 84.8 Å². The smallest absolute Gasteiger partial charge is 0.290 e. The lowest BCUT2D eigenvalue weighted by Gasteiger charge is -2.29. The standard InChI is InChI=1S/C29H45N9O4.C7H18N2.CH2O2/c1-28(2,13-15-30)41-18-14-29(3,4)42-19-17-34-24(39)9-7-10-25(40)36-21-11-12-23(35-20-21)27(32)38-37-26(31)22-8-5-6-16-33-22;1-4-8-6-7-9(3)5-2;2-1-3/h5-6,8,11-12,16,20H,7,9-10,13-15,17-19,30H2,1-4H3,(H2,31,37)(H2,32,38)(H,34,39)(H,36,40);8H,4-7H2,1-3H3;1H,(H,2,3). The van der Waals surface area contributed by atoms with Gasteiger partial charge < -0.3 is 52.6 Å². The second-order valence-corrected chi connectivity index (χ2v) is 13.2. The predicted molar refractivity (Wildman–Crippen MR) is 214 cm³/mol. The number of pyridine rings is 2. The lowest BCUT2D eigenvalue weighted by Crippen LogP contribution is -2.34. The van der Waals surface area contributed by atoms with Gasteiger partial charge in [-0.2, -0.15) is 0 Å². The number of carbonyl (C=O) groups excluding carboxylic acids is 2. The van der Waals surface area contributed by atoms with Gasteiger partial charge in [0.2, 0.25) is 11.8 Å². The molecule has 0 unspecified atom stereocenters. The van der Waals surface area contributed by atoms with Crippen LogP contribution in [0.25, 0.3) is 0 Å². The molecule has 2 aromatic heterocycles. The molecule has 0 spiro atoms. The number of likely N-dealkylation sites (N-methyl/N-ethyl adjacent to an activating group) is 2. The van der Waals surface area contributed by atoms with E-state index in [0.717, 1.165) is 39.0 Å². The number of rotatable bonds is 23. The number of anilines is 1. The Hall–Kier alpha value is -4.55. The first-order chi connectivity index (χ1) is 25.6. The van der Waals surface area contributed by atoms with E-state index >= 15 is 0 Å². The zero-order valence-corrected chi connectivity index (χ0v) is 33.3. The molecule has 0 radical (unpaired) electrons. The van der Waals surface area contributed by atoms with Gasteiger partial charge in [0.25, 0.3) is 6.47 Å². The molecule has 17 nitrogen and oxygen atoms in total. The van der Waals surface area contributed by atoms with Crippen LogP contribution in [0.2, 0.25) is 0 Å². The van der Waals surface area contributed by atoms with Gasteiger partial charge in [-0.3, -0.25) is 24.4 Å². The number of carboxylic acid groups (broad SMARTS) is 1. The van der Waals surface area contributed by atoms with E-state index in [1.807, 2.05) is 27.7 Å². The monoisotopic (exact) mass is 760 g/mol. The predicted octanol–water partition coefficient (Wildman–Crippen LogP) is 2.31. The molecule has 2 heterocycles. The summed E-state index contributed by atoms with van der Waals surface area (Å²) in [5.41, 5.74) is 18.1. The molecule has 0 aromatic carbocycles. The van der Waals surface area contributed by atoms with Crippen molar-refractivity contribution in [3.8, 4) is 0 Å². The SMILES string of the molecule is CC(C)(CCN)OCCC(C)(C)OCCNC(=O)CCCC(=O)Nc1ccc(/C(N)=N/N=C(\N)c2ccccn2)nc1.CCNCCN(C)CC.O=CO. The highest BCUT2D eigenvalue weighted by Gasteiger charge is 2.22. The molecule has 2 aromatic rings. The van der Waals surface area contributed by atoms with Crippen molar-refractivity contribution >= 4 is 35.6 Å². The van der Waals surface area contributed by atoms with E-state index < -0.39 is 0 Å². The van der Waals surface area contributed by atoms with Gasteiger partial charge in [0, 0.05) is 38.7 Å². The highest BCUT2D eigenvalue weighted by Crippen LogP contribution is 2.19. The Morgan fingerprint density at radius 2 is 1.52 bits per heavy atom. The molecule has 10 N–H and O–H groups in total. The zero-order chi connectivity index (χ0) is 40.8. The highest BCUT2D eigenvalue weighted by atomic mass is 16.5. The summed E-state index contributed by atoms with van der Waals surface area (Å²) < 4.78 is 11.8. The number of nitrogens with two attached hydrogens (primary N) is 3. The van der Waals surface area contributed by atoms with Crippen LogP contribution in [0.3, 0.4) is 0 Å². The summed E-state index contributed by atoms with van der Waals surface area (Å²) in [6.07, 6.45) is 5.39. The first-order valence-corrected chi connectivity index (χ1v) is 18.2. The minimum atomic E-state index is -0.380. The van der Waals surface area contributed by atoms with Crippen LogP contribution in [0.15, 0.2) is 52.9 Å². The number of hydrogen-bond acceptors (Lipinski definition) is 12. The summed E-state index contributed by atoms with van der Waals surface area (Å²) in [5, 5.41) is 23.5. The summed E-state index contributed by atoms with van der Waals surface area (Å²) in [4.78, 5) is 43.4. The molecule has 2 amide bonds. The van der Waals surface area contributed by atoms with Gasteiger partial charge in [-0.1, -0.05) is 19.9 Å². The largest absolute Gasteiger partial charge is 0.483 e. The van der Waals surface area contributed by atoms with Crippen molar-refractivity contribution in [1.82, 2.24) is 25.5 Å². The molecule has 0 atom stereocenters. The summed E-state index contributed by atoms with van der Waals surface area (Å²) in [5.74, 6) is -0.187. The van der Waals surface area contributed by atoms with Gasteiger partial charge in [0.05, 0.1) is 36.3 Å². The molecule has 0 fully saturated rings. The average molecular weight is 760 g/mol. The van der Waals surface area contributed by atoms with Gasteiger partial charge in [0.1, 0.15) is 11.4 Å². The summed E-state index contributed by atoms with van der Waals surface area (Å²) in [6.45, 7) is 18.5. The van der Waals surface area contributed by atoms with E-state index in [9.17, 15) is 9.59 Å². The fraction of sp³-hybridized carbons (Fsp3) is 0.595. The number of hydrogen-bond donors (Lipinski definition) is 7.